The zero-order valence-corrected chi connectivity index (χ0v) is 11.2. The number of aliphatic hydroxyl groups is 1. The Kier molecular flexibility index (Phi) is 2.80. The van der Waals surface area contributed by atoms with E-state index in [1.807, 2.05) is 13.0 Å². The highest BCUT2D eigenvalue weighted by molar-refractivity contribution is 6.30. The Bertz CT molecular complexity index is 605. The molecule has 0 saturated heterocycles. The molecule has 0 spiro atoms. The van der Waals surface area contributed by atoms with Crippen molar-refractivity contribution in [2.75, 3.05) is 6.61 Å². The fourth-order valence-corrected chi connectivity index (χ4v) is 2.56. The van der Waals surface area contributed by atoms with Crippen molar-refractivity contribution >= 4 is 22.5 Å². The zero-order chi connectivity index (χ0) is 12.8. The Balaban J connectivity index is 1.98. The van der Waals surface area contributed by atoms with Crippen molar-refractivity contribution in [2.45, 2.75) is 26.2 Å². The van der Waals surface area contributed by atoms with Gasteiger partial charge < -0.3 is 5.11 Å². The molecule has 1 aliphatic carbocycles. The topological polar surface area (TPSA) is 33.1 Å². The van der Waals surface area contributed by atoms with Gasteiger partial charge in [-0.15, -0.1) is 0 Å². The van der Waals surface area contributed by atoms with Crippen molar-refractivity contribution in [1.82, 2.24) is 4.98 Å². The zero-order valence-electron chi connectivity index (χ0n) is 10.4. The molecule has 0 atom stereocenters. The van der Waals surface area contributed by atoms with Gasteiger partial charge in [0, 0.05) is 12.0 Å². The highest BCUT2D eigenvalue weighted by atomic mass is 35.5. The van der Waals surface area contributed by atoms with E-state index in [1.54, 1.807) is 0 Å². The van der Waals surface area contributed by atoms with Gasteiger partial charge in [-0.2, -0.15) is 0 Å². The van der Waals surface area contributed by atoms with Crippen LogP contribution in [0.4, 0.5) is 0 Å². The summed E-state index contributed by atoms with van der Waals surface area (Å²) < 4.78 is 0. The number of aromatic nitrogens is 1. The summed E-state index contributed by atoms with van der Waals surface area (Å²) in [7, 11) is 0. The Morgan fingerprint density at radius 1 is 1.33 bits per heavy atom. The molecular weight excluding hydrogens is 246 g/mol. The van der Waals surface area contributed by atoms with E-state index in [9.17, 15) is 5.11 Å². The van der Waals surface area contributed by atoms with Gasteiger partial charge in [0.2, 0.25) is 0 Å². The minimum Gasteiger partial charge on any atom is -0.396 e. The number of pyridine rings is 1. The third-order valence-electron chi connectivity index (χ3n) is 3.88. The molecule has 0 amide bonds. The van der Waals surface area contributed by atoms with E-state index in [2.05, 4.69) is 23.2 Å². The lowest BCUT2D eigenvalue weighted by atomic mass is 9.96. The summed E-state index contributed by atoms with van der Waals surface area (Å²) in [5.41, 5.74) is 3.37. The SMILES string of the molecule is Cc1cc2cc(CC3(CO)CC3)ccc2nc1Cl. The summed E-state index contributed by atoms with van der Waals surface area (Å²) in [5, 5.41) is 11.1. The van der Waals surface area contributed by atoms with Crippen LogP contribution >= 0.6 is 11.6 Å². The monoisotopic (exact) mass is 261 g/mol. The van der Waals surface area contributed by atoms with Crippen LogP contribution in [-0.2, 0) is 6.42 Å². The Morgan fingerprint density at radius 3 is 2.78 bits per heavy atom. The first-order valence-corrected chi connectivity index (χ1v) is 6.66. The standard InChI is InChI=1S/C15H16ClNO/c1-10-6-12-7-11(8-15(9-18)4-5-15)2-3-13(12)17-14(10)16/h2-3,6-7,18H,4-5,8-9H2,1H3. The first-order valence-electron chi connectivity index (χ1n) is 6.29. The lowest BCUT2D eigenvalue weighted by molar-refractivity contribution is 0.211. The molecule has 0 bridgehead atoms. The van der Waals surface area contributed by atoms with Crippen LogP contribution in [0, 0.1) is 12.3 Å². The summed E-state index contributed by atoms with van der Waals surface area (Å²) in [6.07, 6.45) is 3.24. The van der Waals surface area contributed by atoms with Gasteiger partial charge in [0.25, 0.3) is 0 Å². The Hall–Kier alpha value is -1.12. The van der Waals surface area contributed by atoms with Crippen molar-refractivity contribution in [2.24, 2.45) is 5.41 Å². The number of hydrogen-bond donors (Lipinski definition) is 1. The maximum atomic E-state index is 9.38. The van der Waals surface area contributed by atoms with Crippen molar-refractivity contribution in [3.8, 4) is 0 Å². The number of aryl methyl sites for hydroxylation is 1. The quantitative estimate of drug-likeness (QED) is 0.858. The van der Waals surface area contributed by atoms with Crippen LogP contribution in [0.15, 0.2) is 24.3 Å². The van der Waals surface area contributed by atoms with Crippen LogP contribution in [0.1, 0.15) is 24.0 Å². The van der Waals surface area contributed by atoms with E-state index in [0.717, 1.165) is 35.7 Å². The molecule has 3 rings (SSSR count). The minimum atomic E-state index is 0.155. The lowest BCUT2D eigenvalue weighted by Gasteiger charge is -2.12. The predicted octanol–water partition coefficient (Wildman–Crippen LogP) is 3.51. The summed E-state index contributed by atoms with van der Waals surface area (Å²) >= 11 is 6.02. The number of benzene rings is 1. The molecule has 1 heterocycles. The second-order valence-corrected chi connectivity index (χ2v) is 5.82. The molecule has 1 fully saturated rings. The highest BCUT2D eigenvalue weighted by Crippen LogP contribution is 2.47. The summed E-state index contributed by atoms with van der Waals surface area (Å²) in [6.45, 7) is 2.26. The maximum absolute atomic E-state index is 9.38. The molecular formula is C15H16ClNO. The van der Waals surface area contributed by atoms with Gasteiger partial charge in [0.15, 0.2) is 0 Å². The van der Waals surface area contributed by atoms with Crippen molar-refractivity contribution in [3.63, 3.8) is 0 Å². The van der Waals surface area contributed by atoms with E-state index in [1.165, 1.54) is 5.56 Å². The summed E-state index contributed by atoms with van der Waals surface area (Å²) in [5.74, 6) is 0. The summed E-state index contributed by atoms with van der Waals surface area (Å²) in [6, 6.07) is 8.36. The van der Waals surface area contributed by atoms with Gasteiger partial charge in [0.05, 0.1) is 5.52 Å². The predicted molar refractivity (Wildman–Crippen MR) is 73.9 cm³/mol. The highest BCUT2D eigenvalue weighted by Gasteiger charge is 2.41. The van der Waals surface area contributed by atoms with E-state index in [4.69, 9.17) is 11.6 Å². The van der Waals surface area contributed by atoms with Crippen LogP contribution in [0.25, 0.3) is 10.9 Å². The van der Waals surface area contributed by atoms with Crippen LogP contribution in [0.2, 0.25) is 5.15 Å². The van der Waals surface area contributed by atoms with Crippen molar-refractivity contribution < 1.29 is 5.11 Å². The largest absolute Gasteiger partial charge is 0.396 e. The van der Waals surface area contributed by atoms with Gasteiger partial charge in [0.1, 0.15) is 5.15 Å². The molecule has 1 aliphatic rings. The van der Waals surface area contributed by atoms with Gasteiger partial charge >= 0.3 is 0 Å². The van der Waals surface area contributed by atoms with Crippen LogP contribution in [0.3, 0.4) is 0 Å². The second-order valence-electron chi connectivity index (χ2n) is 5.46. The number of rotatable bonds is 3. The molecule has 0 radical (unpaired) electrons. The normalized spacial score (nSPS) is 17.1. The third kappa shape index (κ3) is 2.11. The van der Waals surface area contributed by atoms with E-state index in [0.29, 0.717) is 11.8 Å². The van der Waals surface area contributed by atoms with Gasteiger partial charge in [-0.1, -0.05) is 17.7 Å². The number of nitrogens with zero attached hydrogens (tertiary/aromatic N) is 1. The minimum absolute atomic E-state index is 0.155. The fraction of sp³-hybridized carbons (Fsp3) is 0.400. The van der Waals surface area contributed by atoms with Gasteiger partial charge in [-0.05, 0) is 60.9 Å². The van der Waals surface area contributed by atoms with Crippen LogP contribution < -0.4 is 0 Å². The average molecular weight is 262 g/mol. The van der Waals surface area contributed by atoms with Gasteiger partial charge in [-0.25, -0.2) is 4.98 Å². The number of hydrogen-bond acceptors (Lipinski definition) is 2. The fourth-order valence-electron chi connectivity index (χ4n) is 2.42. The molecule has 94 valence electrons. The maximum Gasteiger partial charge on any atom is 0.132 e. The molecule has 0 unspecified atom stereocenters. The Morgan fingerprint density at radius 2 is 2.11 bits per heavy atom. The molecule has 3 heteroatoms. The van der Waals surface area contributed by atoms with Crippen LogP contribution in [0.5, 0.6) is 0 Å². The Labute approximate surface area is 112 Å². The molecule has 0 aliphatic heterocycles. The molecule has 2 nitrogen and oxygen atoms in total. The average Bonchev–Trinajstić information content (AvgIpc) is 3.12. The molecule has 1 aromatic heterocycles. The first-order chi connectivity index (χ1) is 8.62. The number of fused-ring (bicyclic) bond motifs is 1. The van der Waals surface area contributed by atoms with E-state index < -0.39 is 0 Å². The molecule has 1 aromatic carbocycles. The van der Waals surface area contributed by atoms with Crippen molar-refractivity contribution in [1.29, 1.82) is 0 Å². The first kappa shape index (κ1) is 11.9. The summed E-state index contributed by atoms with van der Waals surface area (Å²) in [4.78, 5) is 4.36. The second kappa shape index (κ2) is 4.22. The molecule has 1 saturated carbocycles. The number of halogens is 1. The molecule has 18 heavy (non-hydrogen) atoms. The van der Waals surface area contributed by atoms with Crippen molar-refractivity contribution in [3.05, 3.63) is 40.5 Å². The lowest BCUT2D eigenvalue weighted by Crippen LogP contribution is -2.09. The van der Waals surface area contributed by atoms with E-state index in [-0.39, 0.29) is 5.41 Å². The van der Waals surface area contributed by atoms with Gasteiger partial charge in [-0.3, -0.25) is 0 Å². The molecule has 1 N–H and O–H groups in total. The van der Waals surface area contributed by atoms with Crippen LogP contribution in [-0.4, -0.2) is 16.7 Å². The van der Waals surface area contributed by atoms with E-state index >= 15 is 0 Å². The third-order valence-corrected chi connectivity index (χ3v) is 4.26. The smallest absolute Gasteiger partial charge is 0.132 e. The molecule has 2 aromatic rings. The number of aliphatic hydroxyl groups excluding tert-OH is 1.